The predicted octanol–water partition coefficient (Wildman–Crippen LogP) is 3.62. The fourth-order valence-corrected chi connectivity index (χ4v) is 1.17. The Kier molecular flexibility index (Phi) is 3.17. The van der Waals surface area contributed by atoms with Crippen LogP contribution in [0.25, 0.3) is 0 Å². The molecule has 0 spiro atoms. The molecule has 0 fully saturated rings. The number of halogens is 4. The first-order valence-corrected chi connectivity index (χ1v) is 4.42. The van der Waals surface area contributed by atoms with Crippen molar-refractivity contribution in [1.29, 1.82) is 0 Å². The standard InChI is InChI=1S/C8H4Cl3FO/c9-8(10,11)6-3-1-5(2-4-6)7(12)13/h1-4H. The average molecular weight is 241 g/mol. The molecule has 1 aromatic rings. The summed E-state index contributed by atoms with van der Waals surface area (Å²) in [5.74, 6) is 0. The number of carbonyl (C=O) groups is 1. The van der Waals surface area contributed by atoms with Gasteiger partial charge in [-0.15, -0.1) is 0 Å². The monoisotopic (exact) mass is 240 g/mol. The molecule has 1 nitrogen and oxygen atoms in total. The Morgan fingerprint density at radius 3 is 1.92 bits per heavy atom. The molecular formula is C8H4Cl3FO. The largest absolute Gasteiger partial charge is 0.332 e. The summed E-state index contributed by atoms with van der Waals surface area (Å²) in [6.45, 7) is 0. The van der Waals surface area contributed by atoms with Gasteiger partial charge < -0.3 is 0 Å². The van der Waals surface area contributed by atoms with E-state index in [0.29, 0.717) is 5.56 Å². The molecule has 0 heterocycles. The van der Waals surface area contributed by atoms with Crippen LogP contribution in [0.4, 0.5) is 4.39 Å². The number of alkyl halides is 3. The van der Waals surface area contributed by atoms with Gasteiger partial charge in [-0.3, -0.25) is 4.79 Å². The molecule has 0 amide bonds. The van der Waals surface area contributed by atoms with Gasteiger partial charge in [-0.25, -0.2) is 0 Å². The van der Waals surface area contributed by atoms with Crippen molar-refractivity contribution in [2.24, 2.45) is 0 Å². The van der Waals surface area contributed by atoms with Crippen LogP contribution in [0.3, 0.4) is 0 Å². The Labute approximate surface area is 89.4 Å². The maximum absolute atomic E-state index is 12.1. The summed E-state index contributed by atoms with van der Waals surface area (Å²) >= 11 is 16.6. The summed E-state index contributed by atoms with van der Waals surface area (Å²) < 4.78 is 10.6. The molecular weight excluding hydrogens is 237 g/mol. The van der Waals surface area contributed by atoms with Gasteiger partial charge in [-0.2, -0.15) is 4.39 Å². The lowest BCUT2D eigenvalue weighted by atomic mass is 10.1. The smallest absolute Gasteiger partial charge is 0.255 e. The molecule has 13 heavy (non-hydrogen) atoms. The van der Waals surface area contributed by atoms with E-state index < -0.39 is 9.83 Å². The summed E-state index contributed by atoms with van der Waals surface area (Å²) in [4.78, 5) is 10.2. The summed E-state index contributed by atoms with van der Waals surface area (Å²) in [5.41, 5.74) is 0.334. The van der Waals surface area contributed by atoms with Gasteiger partial charge in [-0.05, 0) is 12.1 Å². The molecule has 1 rings (SSSR count). The van der Waals surface area contributed by atoms with Gasteiger partial charge in [0.2, 0.25) is 3.79 Å². The number of hydrogen-bond donors (Lipinski definition) is 0. The third-order valence-electron chi connectivity index (χ3n) is 1.44. The minimum Gasteiger partial charge on any atom is -0.255 e. The summed E-state index contributed by atoms with van der Waals surface area (Å²) in [5, 5.41) is 0. The van der Waals surface area contributed by atoms with Crippen LogP contribution >= 0.6 is 34.8 Å². The van der Waals surface area contributed by atoms with E-state index >= 15 is 0 Å². The molecule has 0 aliphatic heterocycles. The molecule has 1 aromatic carbocycles. The lowest BCUT2D eigenvalue weighted by molar-refractivity contribution is 0.0836. The lowest BCUT2D eigenvalue weighted by Gasteiger charge is -2.10. The quantitative estimate of drug-likeness (QED) is 0.542. The highest BCUT2D eigenvalue weighted by molar-refractivity contribution is 6.66. The van der Waals surface area contributed by atoms with Gasteiger partial charge in [0.15, 0.2) is 0 Å². The minimum atomic E-state index is -1.54. The van der Waals surface area contributed by atoms with Crippen LogP contribution in [0.2, 0.25) is 0 Å². The number of benzene rings is 1. The summed E-state index contributed by atoms with van der Waals surface area (Å²) in [6.07, 6.45) is 0. The second-order valence-corrected chi connectivity index (χ2v) is 4.63. The highest BCUT2D eigenvalue weighted by atomic mass is 35.6. The Morgan fingerprint density at radius 1 is 1.15 bits per heavy atom. The second-order valence-electron chi connectivity index (χ2n) is 2.35. The topological polar surface area (TPSA) is 17.1 Å². The fraction of sp³-hybridized carbons (Fsp3) is 0.125. The van der Waals surface area contributed by atoms with Crippen molar-refractivity contribution in [2.45, 2.75) is 3.79 Å². The van der Waals surface area contributed by atoms with Crippen molar-refractivity contribution >= 4 is 40.8 Å². The van der Waals surface area contributed by atoms with Gasteiger partial charge >= 0.3 is 6.04 Å². The Morgan fingerprint density at radius 2 is 1.62 bits per heavy atom. The highest BCUT2D eigenvalue weighted by Crippen LogP contribution is 2.37. The zero-order valence-corrected chi connectivity index (χ0v) is 8.50. The van der Waals surface area contributed by atoms with Crippen molar-refractivity contribution < 1.29 is 9.18 Å². The van der Waals surface area contributed by atoms with Crippen LogP contribution in [-0.4, -0.2) is 6.04 Å². The SMILES string of the molecule is O=C(F)c1ccc(C(Cl)(Cl)Cl)cc1. The van der Waals surface area contributed by atoms with E-state index in [4.69, 9.17) is 34.8 Å². The van der Waals surface area contributed by atoms with Crippen LogP contribution < -0.4 is 0 Å². The van der Waals surface area contributed by atoms with Crippen molar-refractivity contribution in [3.8, 4) is 0 Å². The minimum absolute atomic E-state index is 0.0574. The van der Waals surface area contributed by atoms with Crippen molar-refractivity contribution in [3.63, 3.8) is 0 Å². The van der Waals surface area contributed by atoms with E-state index in [1.165, 1.54) is 24.3 Å². The third kappa shape index (κ3) is 2.83. The predicted molar refractivity (Wildman–Crippen MR) is 51.1 cm³/mol. The van der Waals surface area contributed by atoms with Gasteiger partial charge in [0.1, 0.15) is 0 Å². The van der Waals surface area contributed by atoms with E-state index in [9.17, 15) is 9.18 Å². The van der Waals surface area contributed by atoms with E-state index in [0.717, 1.165) is 0 Å². The van der Waals surface area contributed by atoms with Crippen molar-refractivity contribution in [1.82, 2.24) is 0 Å². The molecule has 0 radical (unpaired) electrons. The normalized spacial score (nSPS) is 11.4. The summed E-state index contributed by atoms with van der Waals surface area (Å²) in [6, 6.07) is 3.80. The van der Waals surface area contributed by atoms with E-state index in [2.05, 4.69) is 0 Å². The molecule has 70 valence electrons. The summed E-state index contributed by atoms with van der Waals surface area (Å²) in [7, 11) is 0. The first kappa shape index (κ1) is 10.8. The maximum Gasteiger partial charge on any atom is 0.332 e. The van der Waals surface area contributed by atoms with Gasteiger partial charge in [0.25, 0.3) is 0 Å². The number of carbonyl (C=O) groups excluding carboxylic acids is 1. The second kappa shape index (κ2) is 3.82. The van der Waals surface area contributed by atoms with Gasteiger partial charge in [0.05, 0.1) is 5.56 Å². The molecule has 0 aliphatic carbocycles. The molecule has 0 aromatic heterocycles. The first-order chi connectivity index (χ1) is 5.91. The van der Waals surface area contributed by atoms with Crippen LogP contribution in [-0.2, 0) is 3.79 Å². The van der Waals surface area contributed by atoms with Crippen molar-refractivity contribution in [2.75, 3.05) is 0 Å². The first-order valence-electron chi connectivity index (χ1n) is 3.28. The zero-order valence-electron chi connectivity index (χ0n) is 6.23. The molecule has 0 aliphatic rings. The number of rotatable bonds is 1. The molecule has 0 bridgehead atoms. The van der Waals surface area contributed by atoms with Crippen LogP contribution in [0, 0.1) is 0 Å². The van der Waals surface area contributed by atoms with Gasteiger partial charge in [-0.1, -0.05) is 46.9 Å². The van der Waals surface area contributed by atoms with Crippen LogP contribution in [0.5, 0.6) is 0 Å². The maximum atomic E-state index is 12.1. The fourth-order valence-electron chi connectivity index (χ4n) is 0.790. The lowest BCUT2D eigenvalue weighted by Crippen LogP contribution is -2.00. The van der Waals surface area contributed by atoms with Crippen molar-refractivity contribution in [3.05, 3.63) is 35.4 Å². The Balaban J connectivity index is 3.01. The van der Waals surface area contributed by atoms with E-state index in [-0.39, 0.29) is 5.56 Å². The Hall–Kier alpha value is -0.310. The molecule has 0 saturated heterocycles. The third-order valence-corrected chi connectivity index (χ3v) is 2.09. The van der Waals surface area contributed by atoms with Crippen LogP contribution in [0.1, 0.15) is 15.9 Å². The van der Waals surface area contributed by atoms with E-state index in [1.807, 2.05) is 0 Å². The van der Waals surface area contributed by atoms with E-state index in [1.54, 1.807) is 0 Å². The molecule has 0 N–H and O–H groups in total. The Bertz CT molecular complexity index is 315. The highest BCUT2D eigenvalue weighted by Gasteiger charge is 2.22. The molecule has 0 saturated carbocycles. The molecule has 5 heteroatoms. The average Bonchev–Trinajstić information content (AvgIpc) is 2.03. The van der Waals surface area contributed by atoms with Gasteiger partial charge in [0, 0.05) is 5.56 Å². The zero-order chi connectivity index (χ0) is 10.1. The van der Waals surface area contributed by atoms with Crippen LogP contribution in [0.15, 0.2) is 24.3 Å². The number of hydrogen-bond acceptors (Lipinski definition) is 1. The molecule has 0 unspecified atom stereocenters. The molecule has 0 atom stereocenters.